The summed E-state index contributed by atoms with van der Waals surface area (Å²) in [6, 6.07) is 15.8. The summed E-state index contributed by atoms with van der Waals surface area (Å²) in [6.07, 6.45) is 1.77. The average molecular weight is 279 g/mol. The number of nitrogens with zero attached hydrogens (tertiary/aromatic N) is 1. The van der Waals surface area contributed by atoms with Crippen molar-refractivity contribution in [2.45, 2.75) is 6.54 Å². The van der Waals surface area contributed by atoms with Crippen molar-refractivity contribution in [1.29, 1.82) is 0 Å². The van der Waals surface area contributed by atoms with Crippen LogP contribution in [0.1, 0.15) is 5.56 Å². The zero-order valence-corrected chi connectivity index (χ0v) is 11.8. The molecule has 0 amide bonds. The molecule has 0 spiro atoms. The van der Waals surface area contributed by atoms with Crippen LogP contribution < -0.4 is 15.8 Å². The van der Waals surface area contributed by atoms with E-state index < -0.39 is 0 Å². The predicted molar refractivity (Wildman–Crippen MR) is 86.5 cm³/mol. The molecule has 0 unspecified atom stereocenters. The van der Waals surface area contributed by atoms with Gasteiger partial charge in [-0.05, 0) is 29.8 Å². The molecular formula is C17H17N3O. The Morgan fingerprint density at radius 1 is 1.14 bits per heavy atom. The molecule has 0 fully saturated rings. The van der Waals surface area contributed by atoms with Gasteiger partial charge in [-0.15, -0.1) is 0 Å². The Labute approximate surface area is 123 Å². The lowest BCUT2D eigenvalue weighted by Crippen LogP contribution is -2.01. The number of anilines is 2. The first kappa shape index (κ1) is 13.2. The zero-order valence-electron chi connectivity index (χ0n) is 11.8. The minimum Gasteiger partial charge on any atom is -0.497 e. The fourth-order valence-electron chi connectivity index (χ4n) is 2.33. The molecule has 0 saturated heterocycles. The molecule has 0 aliphatic rings. The summed E-state index contributed by atoms with van der Waals surface area (Å²) in [4.78, 5) is 4.34. The molecule has 3 aromatic rings. The number of nitrogen functional groups attached to an aromatic ring is 1. The number of fused-ring (bicyclic) bond motifs is 1. The molecule has 1 heterocycles. The Balaban J connectivity index is 1.87. The number of para-hydroxylation sites is 1. The van der Waals surface area contributed by atoms with Crippen LogP contribution in [-0.4, -0.2) is 12.1 Å². The standard InChI is InChI=1S/C17H17N3O/c1-21-13-5-2-4-12(10-13)11-20-16-8-9-19-17-14(16)6-3-7-15(17)18/h2-10H,11,18H2,1H3,(H,19,20). The van der Waals surface area contributed by atoms with Crippen LogP contribution in [0.2, 0.25) is 0 Å². The van der Waals surface area contributed by atoms with Crippen LogP contribution in [0.3, 0.4) is 0 Å². The van der Waals surface area contributed by atoms with Crippen molar-refractivity contribution in [1.82, 2.24) is 4.98 Å². The minimum atomic E-state index is 0.692. The lowest BCUT2D eigenvalue weighted by atomic mass is 10.1. The Morgan fingerprint density at radius 2 is 2.00 bits per heavy atom. The van der Waals surface area contributed by atoms with E-state index in [-0.39, 0.29) is 0 Å². The zero-order chi connectivity index (χ0) is 14.7. The first-order valence-corrected chi connectivity index (χ1v) is 6.78. The second-order valence-corrected chi connectivity index (χ2v) is 4.81. The summed E-state index contributed by atoms with van der Waals surface area (Å²) in [5.41, 5.74) is 9.66. The second kappa shape index (κ2) is 5.71. The molecule has 4 nitrogen and oxygen atoms in total. The van der Waals surface area contributed by atoms with Crippen molar-refractivity contribution < 1.29 is 4.74 Å². The summed E-state index contributed by atoms with van der Waals surface area (Å²) in [5, 5.41) is 4.46. The molecule has 0 saturated carbocycles. The van der Waals surface area contributed by atoms with E-state index >= 15 is 0 Å². The molecule has 0 aliphatic heterocycles. The molecule has 2 aromatic carbocycles. The van der Waals surface area contributed by atoms with E-state index in [9.17, 15) is 0 Å². The number of nitrogens with two attached hydrogens (primary N) is 1. The number of aromatic nitrogens is 1. The molecular weight excluding hydrogens is 262 g/mol. The van der Waals surface area contributed by atoms with Gasteiger partial charge < -0.3 is 15.8 Å². The van der Waals surface area contributed by atoms with Gasteiger partial charge in [0, 0.05) is 23.8 Å². The lowest BCUT2D eigenvalue weighted by molar-refractivity contribution is 0.414. The van der Waals surface area contributed by atoms with Gasteiger partial charge >= 0.3 is 0 Å². The van der Waals surface area contributed by atoms with Crippen LogP contribution in [0, 0.1) is 0 Å². The second-order valence-electron chi connectivity index (χ2n) is 4.81. The number of methoxy groups -OCH3 is 1. The van der Waals surface area contributed by atoms with E-state index in [0.717, 1.165) is 27.9 Å². The molecule has 0 aliphatic carbocycles. The summed E-state index contributed by atoms with van der Waals surface area (Å²) in [7, 11) is 1.67. The van der Waals surface area contributed by atoms with Gasteiger partial charge in [0.2, 0.25) is 0 Å². The molecule has 21 heavy (non-hydrogen) atoms. The highest BCUT2D eigenvalue weighted by Gasteiger charge is 2.04. The normalized spacial score (nSPS) is 10.5. The van der Waals surface area contributed by atoms with E-state index in [2.05, 4.69) is 16.4 Å². The predicted octanol–water partition coefficient (Wildman–Crippen LogP) is 3.44. The number of benzene rings is 2. The third kappa shape index (κ3) is 2.74. The first-order valence-electron chi connectivity index (χ1n) is 6.78. The molecule has 4 heteroatoms. The Kier molecular flexibility index (Phi) is 3.60. The molecule has 0 radical (unpaired) electrons. The minimum absolute atomic E-state index is 0.692. The van der Waals surface area contributed by atoms with Crippen molar-refractivity contribution in [3.63, 3.8) is 0 Å². The highest BCUT2D eigenvalue weighted by atomic mass is 16.5. The summed E-state index contributed by atoms with van der Waals surface area (Å²) < 4.78 is 5.24. The van der Waals surface area contributed by atoms with Gasteiger partial charge in [0.15, 0.2) is 0 Å². The van der Waals surface area contributed by atoms with Crippen LogP contribution in [0.15, 0.2) is 54.7 Å². The van der Waals surface area contributed by atoms with Crippen LogP contribution >= 0.6 is 0 Å². The topological polar surface area (TPSA) is 60.2 Å². The molecule has 1 aromatic heterocycles. The van der Waals surface area contributed by atoms with Gasteiger partial charge in [-0.1, -0.05) is 24.3 Å². The molecule has 106 valence electrons. The summed E-state index contributed by atoms with van der Waals surface area (Å²) in [5.74, 6) is 0.859. The number of pyridine rings is 1. The highest BCUT2D eigenvalue weighted by Crippen LogP contribution is 2.26. The molecule has 0 bridgehead atoms. The van der Waals surface area contributed by atoms with Crippen molar-refractivity contribution >= 4 is 22.3 Å². The monoisotopic (exact) mass is 279 g/mol. The van der Waals surface area contributed by atoms with Crippen LogP contribution in [0.25, 0.3) is 10.9 Å². The highest BCUT2D eigenvalue weighted by molar-refractivity contribution is 5.97. The van der Waals surface area contributed by atoms with Crippen LogP contribution in [-0.2, 0) is 6.54 Å². The number of hydrogen-bond acceptors (Lipinski definition) is 4. The smallest absolute Gasteiger partial charge is 0.119 e. The van der Waals surface area contributed by atoms with E-state index in [1.165, 1.54) is 0 Å². The number of hydrogen-bond donors (Lipinski definition) is 2. The maximum absolute atomic E-state index is 5.96. The third-order valence-corrected chi connectivity index (χ3v) is 3.42. The fourth-order valence-corrected chi connectivity index (χ4v) is 2.33. The van der Waals surface area contributed by atoms with Gasteiger partial charge in [0.25, 0.3) is 0 Å². The van der Waals surface area contributed by atoms with Gasteiger partial charge in [0.05, 0.1) is 18.3 Å². The SMILES string of the molecule is COc1cccc(CNc2ccnc3c(N)cccc23)c1. The van der Waals surface area contributed by atoms with Gasteiger partial charge in [-0.3, -0.25) is 4.98 Å². The summed E-state index contributed by atoms with van der Waals surface area (Å²) in [6.45, 7) is 0.713. The maximum Gasteiger partial charge on any atom is 0.119 e. The Hall–Kier alpha value is -2.75. The van der Waals surface area contributed by atoms with Crippen molar-refractivity contribution in [3.8, 4) is 5.75 Å². The summed E-state index contributed by atoms with van der Waals surface area (Å²) >= 11 is 0. The molecule has 3 rings (SSSR count). The lowest BCUT2D eigenvalue weighted by Gasteiger charge is -2.11. The number of ether oxygens (including phenoxy) is 1. The van der Waals surface area contributed by atoms with E-state index in [4.69, 9.17) is 10.5 Å². The van der Waals surface area contributed by atoms with Crippen molar-refractivity contribution in [2.24, 2.45) is 0 Å². The van der Waals surface area contributed by atoms with E-state index in [1.807, 2.05) is 42.5 Å². The fraction of sp³-hybridized carbons (Fsp3) is 0.118. The van der Waals surface area contributed by atoms with Crippen molar-refractivity contribution in [3.05, 3.63) is 60.3 Å². The number of nitrogens with one attached hydrogen (secondary N) is 1. The van der Waals surface area contributed by atoms with Crippen molar-refractivity contribution in [2.75, 3.05) is 18.2 Å². The van der Waals surface area contributed by atoms with Gasteiger partial charge in [-0.25, -0.2) is 0 Å². The average Bonchev–Trinajstić information content (AvgIpc) is 2.53. The maximum atomic E-state index is 5.96. The molecule has 3 N–H and O–H groups in total. The Morgan fingerprint density at radius 3 is 2.86 bits per heavy atom. The van der Waals surface area contributed by atoms with Crippen LogP contribution in [0.4, 0.5) is 11.4 Å². The Bertz CT molecular complexity index is 771. The third-order valence-electron chi connectivity index (χ3n) is 3.42. The number of rotatable bonds is 4. The first-order chi connectivity index (χ1) is 10.3. The van der Waals surface area contributed by atoms with Gasteiger partial charge in [-0.2, -0.15) is 0 Å². The van der Waals surface area contributed by atoms with Gasteiger partial charge in [0.1, 0.15) is 5.75 Å². The molecule has 0 atom stereocenters. The quantitative estimate of drug-likeness (QED) is 0.718. The van der Waals surface area contributed by atoms with E-state index in [0.29, 0.717) is 12.2 Å². The van der Waals surface area contributed by atoms with Crippen LogP contribution in [0.5, 0.6) is 5.75 Å². The largest absolute Gasteiger partial charge is 0.497 e. The van der Waals surface area contributed by atoms with E-state index in [1.54, 1.807) is 13.3 Å².